The minimum Gasteiger partial charge on any atom is -0.320 e. The highest BCUT2D eigenvalue weighted by Gasteiger charge is 2.30. The fourth-order valence-electron chi connectivity index (χ4n) is 2.65. The lowest BCUT2D eigenvalue weighted by molar-refractivity contribution is -0.137. The Kier molecular flexibility index (Phi) is 7.81. The number of alkyl halides is 3. The molecule has 0 aliphatic rings. The predicted molar refractivity (Wildman–Crippen MR) is 122 cm³/mol. The van der Waals surface area contributed by atoms with Gasteiger partial charge in [0.1, 0.15) is 4.90 Å². The quantitative estimate of drug-likeness (QED) is 0.427. The molecule has 0 aliphatic heterocycles. The number of thiazole rings is 1. The number of halogens is 5. The first-order chi connectivity index (χ1) is 13.9. The third kappa shape index (κ3) is 5.40. The Hall–Kier alpha value is -1.66. The maximum Gasteiger partial charge on any atom is 0.416 e. The lowest BCUT2D eigenvalue weighted by Crippen LogP contribution is -2.22. The van der Waals surface area contributed by atoms with Gasteiger partial charge in [-0.1, -0.05) is 23.7 Å². The van der Waals surface area contributed by atoms with E-state index in [9.17, 15) is 21.6 Å². The zero-order valence-corrected chi connectivity index (χ0v) is 20.6. The van der Waals surface area contributed by atoms with Gasteiger partial charge in [0.05, 0.1) is 22.0 Å². The van der Waals surface area contributed by atoms with Crippen molar-refractivity contribution in [3.8, 4) is 11.3 Å². The number of hydrogen-bond donors (Lipinski definition) is 0. The molecule has 0 amide bonds. The van der Waals surface area contributed by atoms with Crippen LogP contribution in [0.15, 0.2) is 57.7 Å². The van der Waals surface area contributed by atoms with E-state index in [1.54, 1.807) is 23.1 Å². The smallest absolute Gasteiger partial charge is 0.320 e. The summed E-state index contributed by atoms with van der Waals surface area (Å²) >= 11 is 7.32. The summed E-state index contributed by atoms with van der Waals surface area (Å²) in [5, 5.41) is 1.85. The molecule has 0 aliphatic carbocycles. The Morgan fingerprint density at radius 3 is 2.42 bits per heavy atom. The third-order valence-electron chi connectivity index (χ3n) is 4.31. The van der Waals surface area contributed by atoms with Crippen LogP contribution < -0.4 is 4.80 Å². The maximum atomic E-state index is 12.9. The third-order valence-corrected chi connectivity index (χ3v) is 7.52. The van der Waals surface area contributed by atoms with Gasteiger partial charge in [0.15, 0.2) is 4.80 Å². The molecule has 0 spiro atoms. The summed E-state index contributed by atoms with van der Waals surface area (Å²) in [6.07, 6.45) is -4.45. The van der Waals surface area contributed by atoms with Crippen LogP contribution in [-0.4, -0.2) is 31.4 Å². The zero-order valence-electron chi connectivity index (χ0n) is 16.5. The highest BCUT2D eigenvalue weighted by molar-refractivity contribution is 8.93. The van der Waals surface area contributed by atoms with E-state index >= 15 is 0 Å². The Morgan fingerprint density at radius 2 is 1.81 bits per heavy atom. The predicted octanol–water partition coefficient (Wildman–Crippen LogP) is 5.49. The number of sulfonamides is 1. The van der Waals surface area contributed by atoms with Crippen LogP contribution in [0.25, 0.3) is 11.3 Å². The van der Waals surface area contributed by atoms with E-state index in [1.807, 2.05) is 0 Å². The van der Waals surface area contributed by atoms with Crippen LogP contribution >= 0.6 is 39.9 Å². The van der Waals surface area contributed by atoms with Gasteiger partial charge in [0, 0.05) is 32.1 Å². The van der Waals surface area contributed by atoms with Gasteiger partial charge in [0.25, 0.3) is 0 Å². The van der Waals surface area contributed by atoms with Crippen LogP contribution in [0, 0.1) is 0 Å². The van der Waals surface area contributed by atoms with Crippen molar-refractivity contribution in [3.63, 3.8) is 0 Å². The van der Waals surface area contributed by atoms with E-state index in [4.69, 9.17) is 11.6 Å². The average Bonchev–Trinajstić information content (AvgIpc) is 3.02. The second kappa shape index (κ2) is 9.45. The summed E-state index contributed by atoms with van der Waals surface area (Å²) in [7, 11) is 0.779. The van der Waals surface area contributed by atoms with Crippen LogP contribution in [0.4, 0.5) is 18.9 Å². The molecule has 0 atom stereocenters. The number of aromatic nitrogens is 1. The highest BCUT2D eigenvalue weighted by Crippen LogP contribution is 2.32. The molecular weight excluding hydrogens is 539 g/mol. The molecule has 1 aromatic heterocycles. The van der Waals surface area contributed by atoms with Gasteiger partial charge in [-0.15, -0.1) is 28.3 Å². The first kappa shape index (κ1) is 25.6. The summed E-state index contributed by atoms with van der Waals surface area (Å²) in [4.78, 5) is 4.73. The highest BCUT2D eigenvalue weighted by atomic mass is 79.9. The molecule has 0 saturated heterocycles. The van der Waals surface area contributed by atoms with Crippen molar-refractivity contribution in [2.24, 2.45) is 12.0 Å². The molecule has 0 N–H and O–H groups in total. The SMILES string of the molecule is Br.CN(C)S(=O)(=O)c1cc(-c2csc(=Nc3cccc(C(F)(F)F)c3)n2C)ccc1Cl. The molecule has 2 aromatic carbocycles. The van der Waals surface area contributed by atoms with Crippen molar-refractivity contribution in [2.75, 3.05) is 14.1 Å². The van der Waals surface area contributed by atoms with E-state index in [1.165, 1.54) is 49.7 Å². The van der Waals surface area contributed by atoms with Gasteiger partial charge in [-0.25, -0.2) is 17.7 Å². The van der Waals surface area contributed by atoms with Crippen molar-refractivity contribution in [2.45, 2.75) is 11.1 Å². The Bertz CT molecular complexity index is 1270. The minimum atomic E-state index is -4.45. The average molecular weight is 557 g/mol. The van der Waals surface area contributed by atoms with Crippen LogP contribution in [0.2, 0.25) is 5.02 Å². The topological polar surface area (TPSA) is 54.7 Å². The van der Waals surface area contributed by atoms with Crippen molar-refractivity contribution in [1.29, 1.82) is 0 Å². The maximum absolute atomic E-state index is 12.9. The summed E-state index contributed by atoms with van der Waals surface area (Å²) < 4.78 is 66.5. The van der Waals surface area contributed by atoms with Gasteiger partial charge in [-0.05, 0) is 30.3 Å². The van der Waals surface area contributed by atoms with Crippen LogP contribution in [0.5, 0.6) is 0 Å². The molecule has 0 bridgehead atoms. The first-order valence-corrected chi connectivity index (χ1v) is 11.2. The molecule has 12 heteroatoms. The number of nitrogens with zero attached hydrogens (tertiary/aromatic N) is 3. The summed E-state index contributed by atoms with van der Waals surface area (Å²) in [6.45, 7) is 0. The van der Waals surface area contributed by atoms with Crippen LogP contribution in [0.3, 0.4) is 0 Å². The summed E-state index contributed by atoms with van der Waals surface area (Å²) in [5.41, 5.74) is 0.627. The second-order valence-corrected chi connectivity index (χ2v) is 9.92. The Labute approximate surface area is 197 Å². The van der Waals surface area contributed by atoms with E-state index in [0.29, 0.717) is 16.1 Å². The molecular formula is C19H18BrClF3N3O2S2. The molecule has 0 saturated carbocycles. The molecule has 3 rings (SSSR count). The number of rotatable bonds is 4. The van der Waals surface area contributed by atoms with Gasteiger partial charge in [-0.2, -0.15) is 13.2 Å². The lowest BCUT2D eigenvalue weighted by Gasteiger charge is -2.14. The molecule has 0 fully saturated rings. The van der Waals surface area contributed by atoms with E-state index < -0.39 is 21.8 Å². The molecule has 3 aromatic rings. The van der Waals surface area contributed by atoms with Crippen LogP contribution in [0.1, 0.15) is 5.56 Å². The fourth-order valence-corrected chi connectivity index (χ4v) is 4.97. The standard InChI is InChI=1S/C19H17ClF3N3O2S2.BrH/c1-25(2)30(27,28)17-9-12(7-8-15(17)20)16-11-29-18(26(16)3)24-14-6-4-5-13(10-14)19(21,22)23;/h4-11H,1-3H3;1H. The molecule has 168 valence electrons. The van der Waals surface area contributed by atoms with Gasteiger partial charge >= 0.3 is 6.18 Å². The number of benzene rings is 2. The molecule has 31 heavy (non-hydrogen) atoms. The van der Waals surface area contributed by atoms with E-state index in [2.05, 4.69) is 4.99 Å². The normalized spacial score (nSPS) is 12.8. The minimum absolute atomic E-state index is 0. The Morgan fingerprint density at radius 1 is 1.13 bits per heavy atom. The first-order valence-electron chi connectivity index (χ1n) is 8.50. The zero-order chi connectivity index (χ0) is 22.3. The molecule has 0 unspecified atom stereocenters. The van der Waals surface area contributed by atoms with Crippen molar-refractivity contribution >= 4 is 55.6 Å². The number of hydrogen-bond acceptors (Lipinski definition) is 4. The Balaban J connectivity index is 0.00000341. The monoisotopic (exact) mass is 555 g/mol. The summed E-state index contributed by atoms with van der Waals surface area (Å²) in [6, 6.07) is 9.38. The molecule has 0 radical (unpaired) electrons. The van der Waals surface area contributed by atoms with Gasteiger partial charge in [0.2, 0.25) is 10.0 Å². The van der Waals surface area contributed by atoms with Gasteiger partial charge in [-0.3, -0.25) is 0 Å². The van der Waals surface area contributed by atoms with Crippen molar-refractivity contribution < 1.29 is 21.6 Å². The largest absolute Gasteiger partial charge is 0.416 e. The van der Waals surface area contributed by atoms with Crippen molar-refractivity contribution in [3.05, 3.63) is 63.2 Å². The molecule has 1 heterocycles. The van der Waals surface area contributed by atoms with E-state index in [0.717, 1.165) is 16.4 Å². The summed E-state index contributed by atoms with van der Waals surface area (Å²) in [5.74, 6) is 0. The second-order valence-electron chi connectivity index (χ2n) is 6.56. The van der Waals surface area contributed by atoms with Gasteiger partial charge < -0.3 is 4.57 Å². The molecule has 5 nitrogen and oxygen atoms in total. The van der Waals surface area contributed by atoms with Crippen molar-refractivity contribution in [1.82, 2.24) is 8.87 Å². The fraction of sp³-hybridized carbons (Fsp3) is 0.211. The van der Waals surface area contributed by atoms with E-state index in [-0.39, 0.29) is 32.6 Å². The lowest BCUT2D eigenvalue weighted by atomic mass is 10.2. The van der Waals surface area contributed by atoms with Crippen LogP contribution in [-0.2, 0) is 23.2 Å².